The fourth-order valence-electron chi connectivity index (χ4n) is 1.03. The van der Waals surface area contributed by atoms with Gasteiger partial charge in [0.25, 0.3) is 0 Å². The lowest BCUT2D eigenvalue weighted by Crippen LogP contribution is -2.41. The van der Waals surface area contributed by atoms with Crippen molar-refractivity contribution in [2.45, 2.75) is 26.3 Å². The molecule has 0 fully saturated rings. The molecule has 0 aromatic rings. The van der Waals surface area contributed by atoms with Gasteiger partial charge < -0.3 is 4.74 Å². The van der Waals surface area contributed by atoms with Crippen molar-refractivity contribution in [1.82, 2.24) is 4.72 Å². The van der Waals surface area contributed by atoms with Crippen molar-refractivity contribution in [3.05, 3.63) is 0 Å². The van der Waals surface area contributed by atoms with Crippen LogP contribution in [-0.4, -0.2) is 39.8 Å². The van der Waals surface area contributed by atoms with Crippen LogP contribution in [0.25, 0.3) is 0 Å². The smallest absolute Gasteiger partial charge is 0.211 e. The molecule has 0 saturated carbocycles. The summed E-state index contributed by atoms with van der Waals surface area (Å²) in [6, 6.07) is -0.195. The minimum Gasteiger partial charge on any atom is -0.385 e. The van der Waals surface area contributed by atoms with Gasteiger partial charge in [-0.15, -0.1) is 11.6 Å². The summed E-state index contributed by atoms with van der Waals surface area (Å²) in [6.45, 7) is 4.32. The van der Waals surface area contributed by atoms with Gasteiger partial charge in [-0.1, -0.05) is 13.8 Å². The molecule has 1 N–H and O–H groups in total. The fraction of sp³-hybridized carbons (Fsp3) is 1.00. The Morgan fingerprint density at radius 2 is 2.00 bits per heavy atom. The Balaban J connectivity index is 4.11. The first-order chi connectivity index (χ1) is 6.93. The number of nitrogens with one attached hydrogen (secondary N) is 1. The zero-order valence-electron chi connectivity index (χ0n) is 9.49. The molecule has 0 aliphatic carbocycles. The lowest BCUT2D eigenvalue weighted by atomic mass is 10.1. The van der Waals surface area contributed by atoms with Crippen molar-refractivity contribution in [3.63, 3.8) is 0 Å². The van der Waals surface area contributed by atoms with E-state index in [1.165, 1.54) is 0 Å². The van der Waals surface area contributed by atoms with Crippen molar-refractivity contribution < 1.29 is 13.2 Å². The zero-order chi connectivity index (χ0) is 11.9. The fourth-order valence-corrected chi connectivity index (χ4v) is 2.99. The minimum absolute atomic E-state index is 0.0843. The van der Waals surface area contributed by atoms with E-state index in [0.717, 1.165) is 0 Å². The quantitative estimate of drug-likeness (QED) is 0.525. The maximum Gasteiger partial charge on any atom is 0.211 e. The largest absolute Gasteiger partial charge is 0.385 e. The van der Waals surface area contributed by atoms with Gasteiger partial charge in [-0.25, -0.2) is 13.1 Å². The molecule has 0 spiro atoms. The van der Waals surface area contributed by atoms with E-state index in [-0.39, 0.29) is 17.7 Å². The maximum absolute atomic E-state index is 11.6. The van der Waals surface area contributed by atoms with Gasteiger partial charge in [0.15, 0.2) is 0 Å². The van der Waals surface area contributed by atoms with Gasteiger partial charge in [0.2, 0.25) is 10.0 Å². The molecule has 15 heavy (non-hydrogen) atoms. The van der Waals surface area contributed by atoms with Crippen LogP contribution in [0.2, 0.25) is 0 Å². The molecule has 0 aliphatic rings. The standard InChI is InChI=1S/C9H20ClNO3S/c1-8(2)9(7-10)11-15(12,13)6-4-5-14-3/h8-9,11H,4-7H2,1-3H3. The van der Waals surface area contributed by atoms with E-state index in [4.69, 9.17) is 16.3 Å². The van der Waals surface area contributed by atoms with Gasteiger partial charge in [0, 0.05) is 25.6 Å². The number of alkyl halides is 1. The zero-order valence-corrected chi connectivity index (χ0v) is 11.1. The monoisotopic (exact) mass is 257 g/mol. The lowest BCUT2D eigenvalue weighted by molar-refractivity contribution is 0.199. The summed E-state index contributed by atoms with van der Waals surface area (Å²) in [5.41, 5.74) is 0. The highest BCUT2D eigenvalue weighted by atomic mass is 35.5. The van der Waals surface area contributed by atoms with Crippen LogP contribution in [0.3, 0.4) is 0 Å². The van der Waals surface area contributed by atoms with E-state index < -0.39 is 10.0 Å². The van der Waals surface area contributed by atoms with Crippen molar-refractivity contribution in [3.8, 4) is 0 Å². The summed E-state index contributed by atoms with van der Waals surface area (Å²) < 4.78 is 30.5. The highest BCUT2D eigenvalue weighted by Gasteiger charge is 2.19. The van der Waals surface area contributed by atoms with Gasteiger partial charge in [-0.05, 0) is 12.3 Å². The first kappa shape index (κ1) is 15.2. The molecule has 0 aliphatic heterocycles. The van der Waals surface area contributed by atoms with E-state index in [9.17, 15) is 8.42 Å². The summed E-state index contributed by atoms with van der Waals surface area (Å²) >= 11 is 5.68. The highest BCUT2D eigenvalue weighted by molar-refractivity contribution is 7.89. The number of rotatable bonds is 8. The average Bonchev–Trinajstić information content (AvgIpc) is 2.14. The third kappa shape index (κ3) is 7.11. The Morgan fingerprint density at radius 3 is 2.40 bits per heavy atom. The second-order valence-corrected chi connectivity index (χ2v) is 5.97. The molecule has 1 atom stereocenters. The Hall–Kier alpha value is 0.160. The predicted octanol–water partition coefficient (Wildman–Crippen LogP) is 1.21. The second-order valence-electron chi connectivity index (χ2n) is 3.79. The molecule has 4 nitrogen and oxygen atoms in total. The maximum atomic E-state index is 11.6. The molecule has 0 rings (SSSR count). The molecule has 0 saturated heterocycles. The SMILES string of the molecule is COCCCS(=O)(=O)NC(CCl)C(C)C. The summed E-state index contributed by atoms with van der Waals surface area (Å²) in [7, 11) is -1.67. The van der Waals surface area contributed by atoms with Crippen LogP contribution in [0.5, 0.6) is 0 Å². The normalized spacial score (nSPS) is 14.5. The molecule has 6 heteroatoms. The van der Waals surface area contributed by atoms with Crippen LogP contribution in [0, 0.1) is 5.92 Å². The summed E-state index contributed by atoms with van der Waals surface area (Å²) in [5, 5.41) is 0. The molecule has 1 unspecified atom stereocenters. The third-order valence-electron chi connectivity index (χ3n) is 2.06. The Labute approximate surface area is 97.4 Å². The van der Waals surface area contributed by atoms with Gasteiger partial charge in [0.05, 0.1) is 5.75 Å². The lowest BCUT2D eigenvalue weighted by Gasteiger charge is -2.19. The Bertz CT molecular complexity index is 254. The van der Waals surface area contributed by atoms with E-state index in [1.54, 1.807) is 7.11 Å². The van der Waals surface area contributed by atoms with Crippen LogP contribution < -0.4 is 4.72 Å². The Kier molecular flexibility index (Phi) is 7.52. The molecule has 0 bridgehead atoms. The highest BCUT2D eigenvalue weighted by Crippen LogP contribution is 2.05. The number of hydrogen-bond donors (Lipinski definition) is 1. The summed E-state index contributed by atoms with van der Waals surface area (Å²) in [5.74, 6) is 0.571. The van der Waals surface area contributed by atoms with Crippen molar-refractivity contribution in [2.24, 2.45) is 5.92 Å². The molecule has 0 amide bonds. The van der Waals surface area contributed by atoms with Crippen molar-refractivity contribution in [2.75, 3.05) is 25.3 Å². The third-order valence-corrected chi connectivity index (χ3v) is 3.88. The molecule has 0 aromatic carbocycles. The second kappa shape index (κ2) is 7.44. The van der Waals surface area contributed by atoms with Gasteiger partial charge >= 0.3 is 0 Å². The van der Waals surface area contributed by atoms with E-state index in [2.05, 4.69) is 4.72 Å². The molecular weight excluding hydrogens is 238 g/mol. The van der Waals surface area contributed by atoms with Crippen molar-refractivity contribution in [1.29, 1.82) is 0 Å². The average molecular weight is 258 g/mol. The Morgan fingerprint density at radius 1 is 1.40 bits per heavy atom. The number of sulfonamides is 1. The number of hydrogen-bond acceptors (Lipinski definition) is 3. The van der Waals surface area contributed by atoms with Crippen LogP contribution in [0.15, 0.2) is 0 Å². The van der Waals surface area contributed by atoms with Crippen LogP contribution in [0.4, 0.5) is 0 Å². The minimum atomic E-state index is -3.22. The number of methoxy groups -OCH3 is 1. The molecule has 92 valence electrons. The topological polar surface area (TPSA) is 55.4 Å². The number of ether oxygens (including phenoxy) is 1. The van der Waals surface area contributed by atoms with Crippen LogP contribution in [0.1, 0.15) is 20.3 Å². The van der Waals surface area contributed by atoms with Crippen molar-refractivity contribution >= 4 is 21.6 Å². The van der Waals surface area contributed by atoms with Gasteiger partial charge in [0.1, 0.15) is 0 Å². The first-order valence-corrected chi connectivity index (χ1v) is 7.16. The predicted molar refractivity (Wildman–Crippen MR) is 62.8 cm³/mol. The first-order valence-electron chi connectivity index (χ1n) is 4.98. The molecule has 0 radical (unpaired) electrons. The molecule has 0 aromatic heterocycles. The van der Waals surface area contributed by atoms with E-state index in [0.29, 0.717) is 18.9 Å². The van der Waals surface area contributed by atoms with Crippen LogP contribution >= 0.6 is 11.6 Å². The van der Waals surface area contributed by atoms with Gasteiger partial charge in [-0.2, -0.15) is 0 Å². The molecular formula is C9H20ClNO3S. The van der Waals surface area contributed by atoms with Crippen LogP contribution in [-0.2, 0) is 14.8 Å². The summed E-state index contributed by atoms with van der Waals surface area (Å²) in [6.07, 6.45) is 0.499. The molecule has 0 heterocycles. The van der Waals surface area contributed by atoms with E-state index >= 15 is 0 Å². The summed E-state index contributed by atoms with van der Waals surface area (Å²) in [4.78, 5) is 0. The van der Waals surface area contributed by atoms with Gasteiger partial charge in [-0.3, -0.25) is 0 Å². The number of halogens is 1. The van der Waals surface area contributed by atoms with E-state index in [1.807, 2.05) is 13.8 Å².